The Bertz CT molecular complexity index is 435. The highest BCUT2D eigenvalue weighted by molar-refractivity contribution is 9.10. The van der Waals surface area contributed by atoms with Crippen molar-refractivity contribution in [3.63, 3.8) is 0 Å². The fourth-order valence-corrected chi connectivity index (χ4v) is 2.87. The van der Waals surface area contributed by atoms with Gasteiger partial charge in [-0.15, -0.1) is 11.3 Å². The van der Waals surface area contributed by atoms with Crippen LogP contribution in [0.15, 0.2) is 32.5 Å². The van der Waals surface area contributed by atoms with Gasteiger partial charge in [-0.05, 0) is 41.2 Å². The van der Waals surface area contributed by atoms with Gasteiger partial charge in [0.25, 0.3) is 0 Å². The highest BCUT2D eigenvalue weighted by Crippen LogP contribution is 2.23. The van der Waals surface area contributed by atoms with Gasteiger partial charge in [0.05, 0.1) is 6.54 Å². The minimum absolute atomic E-state index is 0.786. The summed E-state index contributed by atoms with van der Waals surface area (Å²) in [6, 6.07) is 6.19. The number of thiophene rings is 1. The van der Waals surface area contributed by atoms with Crippen LogP contribution in [0.4, 0.5) is 0 Å². The Labute approximate surface area is 101 Å². The molecule has 0 fully saturated rings. The lowest BCUT2D eigenvalue weighted by molar-refractivity contribution is 0.463. The van der Waals surface area contributed by atoms with E-state index in [4.69, 9.17) is 4.42 Å². The average molecular weight is 286 g/mol. The molecule has 2 aromatic rings. The molecule has 0 unspecified atom stereocenters. The molecule has 0 aliphatic rings. The third kappa shape index (κ3) is 2.93. The summed E-state index contributed by atoms with van der Waals surface area (Å²) in [6.45, 7) is 0.786. The molecule has 4 heteroatoms. The zero-order valence-corrected chi connectivity index (χ0v) is 10.8. The SMILES string of the molecule is CNCc1ccc(Cc2cc(Br)cs2)o1. The van der Waals surface area contributed by atoms with Crippen LogP contribution >= 0.6 is 27.3 Å². The lowest BCUT2D eigenvalue weighted by atomic mass is 10.3. The average Bonchev–Trinajstić information content (AvgIpc) is 2.78. The summed E-state index contributed by atoms with van der Waals surface area (Å²) in [7, 11) is 1.92. The standard InChI is InChI=1S/C11H12BrNOS/c1-13-6-10-3-2-9(14-10)5-11-4-8(12)7-15-11/h2-4,7,13H,5-6H2,1H3. The van der Waals surface area contributed by atoms with Gasteiger partial charge in [0, 0.05) is 21.2 Å². The zero-order chi connectivity index (χ0) is 10.7. The van der Waals surface area contributed by atoms with Gasteiger partial charge in [0.1, 0.15) is 11.5 Å². The maximum absolute atomic E-state index is 5.67. The zero-order valence-electron chi connectivity index (χ0n) is 8.42. The van der Waals surface area contributed by atoms with Crippen molar-refractivity contribution in [2.24, 2.45) is 0 Å². The summed E-state index contributed by atoms with van der Waals surface area (Å²) in [5, 5.41) is 5.16. The Morgan fingerprint density at radius 3 is 2.87 bits per heavy atom. The predicted octanol–water partition coefficient (Wildman–Crippen LogP) is 3.41. The van der Waals surface area contributed by atoms with Crippen LogP contribution in [-0.2, 0) is 13.0 Å². The minimum atomic E-state index is 0.786. The highest BCUT2D eigenvalue weighted by Gasteiger charge is 2.04. The summed E-state index contributed by atoms with van der Waals surface area (Å²) >= 11 is 5.19. The van der Waals surface area contributed by atoms with Crippen LogP contribution in [0, 0.1) is 0 Å². The third-order valence-corrected chi connectivity index (χ3v) is 3.74. The van der Waals surface area contributed by atoms with E-state index in [1.54, 1.807) is 11.3 Å². The van der Waals surface area contributed by atoms with Crippen molar-refractivity contribution in [2.45, 2.75) is 13.0 Å². The number of nitrogens with one attached hydrogen (secondary N) is 1. The maximum atomic E-state index is 5.67. The van der Waals surface area contributed by atoms with Gasteiger partial charge in [-0.2, -0.15) is 0 Å². The molecule has 2 heterocycles. The highest BCUT2D eigenvalue weighted by atomic mass is 79.9. The van der Waals surface area contributed by atoms with Crippen LogP contribution < -0.4 is 5.32 Å². The van der Waals surface area contributed by atoms with Crippen LogP contribution in [0.2, 0.25) is 0 Å². The smallest absolute Gasteiger partial charge is 0.117 e. The van der Waals surface area contributed by atoms with E-state index >= 15 is 0 Å². The largest absolute Gasteiger partial charge is 0.464 e. The first-order chi connectivity index (χ1) is 7.28. The molecule has 0 aliphatic carbocycles. The summed E-state index contributed by atoms with van der Waals surface area (Å²) in [5.41, 5.74) is 0. The van der Waals surface area contributed by atoms with Gasteiger partial charge in [-0.1, -0.05) is 0 Å². The molecule has 0 amide bonds. The Morgan fingerprint density at radius 2 is 2.20 bits per heavy atom. The number of furan rings is 1. The van der Waals surface area contributed by atoms with E-state index in [0.717, 1.165) is 29.0 Å². The van der Waals surface area contributed by atoms with E-state index in [-0.39, 0.29) is 0 Å². The number of halogens is 1. The van der Waals surface area contributed by atoms with E-state index in [9.17, 15) is 0 Å². The van der Waals surface area contributed by atoms with Crippen molar-refractivity contribution >= 4 is 27.3 Å². The molecule has 15 heavy (non-hydrogen) atoms. The molecule has 0 aromatic carbocycles. The lowest BCUT2D eigenvalue weighted by Gasteiger charge is -1.94. The van der Waals surface area contributed by atoms with Gasteiger partial charge in [-0.25, -0.2) is 0 Å². The first-order valence-electron chi connectivity index (χ1n) is 4.73. The van der Waals surface area contributed by atoms with E-state index < -0.39 is 0 Å². The molecule has 0 atom stereocenters. The Balaban J connectivity index is 2.04. The van der Waals surface area contributed by atoms with E-state index in [0.29, 0.717) is 0 Å². The molecule has 0 bridgehead atoms. The van der Waals surface area contributed by atoms with Gasteiger partial charge in [0.15, 0.2) is 0 Å². The molecule has 2 aromatic heterocycles. The summed E-state index contributed by atoms with van der Waals surface area (Å²) in [6.07, 6.45) is 0.875. The van der Waals surface area contributed by atoms with Crippen molar-refractivity contribution in [3.05, 3.63) is 44.4 Å². The Hall–Kier alpha value is -0.580. The van der Waals surface area contributed by atoms with Crippen LogP contribution in [-0.4, -0.2) is 7.05 Å². The topological polar surface area (TPSA) is 25.2 Å². The van der Waals surface area contributed by atoms with Gasteiger partial charge in [-0.3, -0.25) is 0 Å². The van der Waals surface area contributed by atoms with Gasteiger partial charge >= 0.3 is 0 Å². The molecule has 0 aliphatic heterocycles. The van der Waals surface area contributed by atoms with Crippen LogP contribution in [0.1, 0.15) is 16.4 Å². The van der Waals surface area contributed by atoms with Crippen LogP contribution in [0.3, 0.4) is 0 Å². The van der Waals surface area contributed by atoms with Crippen molar-refractivity contribution in [1.82, 2.24) is 5.32 Å². The maximum Gasteiger partial charge on any atom is 0.117 e. The summed E-state index contributed by atoms with van der Waals surface area (Å²) in [4.78, 5) is 1.31. The summed E-state index contributed by atoms with van der Waals surface area (Å²) in [5.74, 6) is 2.01. The second kappa shape index (κ2) is 4.96. The number of rotatable bonds is 4. The molecule has 0 saturated heterocycles. The van der Waals surface area contributed by atoms with Crippen molar-refractivity contribution in [1.29, 1.82) is 0 Å². The first kappa shape index (κ1) is 10.9. The van der Waals surface area contributed by atoms with Crippen molar-refractivity contribution < 1.29 is 4.42 Å². The first-order valence-corrected chi connectivity index (χ1v) is 6.40. The molecule has 0 saturated carbocycles. The lowest BCUT2D eigenvalue weighted by Crippen LogP contribution is -2.03. The van der Waals surface area contributed by atoms with Crippen molar-refractivity contribution in [3.8, 4) is 0 Å². The second-order valence-electron chi connectivity index (χ2n) is 3.31. The van der Waals surface area contributed by atoms with E-state index in [1.807, 2.05) is 19.2 Å². The van der Waals surface area contributed by atoms with Crippen molar-refractivity contribution in [2.75, 3.05) is 7.05 Å². The molecular weight excluding hydrogens is 274 g/mol. The molecule has 80 valence electrons. The van der Waals surface area contributed by atoms with E-state index in [2.05, 4.69) is 32.7 Å². The quantitative estimate of drug-likeness (QED) is 0.931. The number of hydrogen-bond donors (Lipinski definition) is 1. The van der Waals surface area contributed by atoms with Crippen LogP contribution in [0.5, 0.6) is 0 Å². The van der Waals surface area contributed by atoms with Gasteiger partial charge in [0.2, 0.25) is 0 Å². The predicted molar refractivity (Wildman–Crippen MR) is 66.3 cm³/mol. The van der Waals surface area contributed by atoms with E-state index in [1.165, 1.54) is 4.88 Å². The fraction of sp³-hybridized carbons (Fsp3) is 0.273. The minimum Gasteiger partial charge on any atom is -0.464 e. The number of hydrogen-bond acceptors (Lipinski definition) is 3. The second-order valence-corrected chi connectivity index (χ2v) is 5.22. The van der Waals surface area contributed by atoms with Crippen LogP contribution in [0.25, 0.3) is 0 Å². The molecule has 1 N–H and O–H groups in total. The molecule has 0 radical (unpaired) electrons. The normalized spacial score (nSPS) is 10.8. The monoisotopic (exact) mass is 285 g/mol. The Kier molecular flexibility index (Phi) is 3.61. The third-order valence-electron chi connectivity index (χ3n) is 2.04. The van der Waals surface area contributed by atoms with Gasteiger partial charge < -0.3 is 9.73 Å². The summed E-state index contributed by atoms with van der Waals surface area (Å²) < 4.78 is 6.81. The molecular formula is C11H12BrNOS. The molecule has 2 nitrogen and oxygen atoms in total. The molecule has 0 spiro atoms. The Morgan fingerprint density at radius 1 is 1.40 bits per heavy atom. The molecule has 2 rings (SSSR count). The fourth-order valence-electron chi connectivity index (χ4n) is 1.40.